The van der Waals surface area contributed by atoms with Crippen LogP contribution >= 0.6 is 0 Å². The van der Waals surface area contributed by atoms with Gasteiger partial charge in [-0.3, -0.25) is 0 Å². The maximum absolute atomic E-state index is 6.02. The number of likely N-dealkylation sites (N-methyl/N-ethyl adjacent to an activating group) is 1. The molecule has 0 bridgehead atoms. The maximum Gasteiger partial charge on any atom is 0.0707 e. The van der Waals surface area contributed by atoms with E-state index < -0.39 is 0 Å². The lowest BCUT2D eigenvalue weighted by atomic mass is 10.2. The second-order valence-corrected chi connectivity index (χ2v) is 5.52. The van der Waals surface area contributed by atoms with Crippen LogP contribution in [0.4, 0.5) is 0 Å². The molecular weight excluding hydrogens is 212 g/mol. The van der Waals surface area contributed by atoms with E-state index in [0.717, 1.165) is 26.2 Å². The summed E-state index contributed by atoms with van der Waals surface area (Å²) >= 11 is 0. The Morgan fingerprint density at radius 3 is 2.76 bits per heavy atom. The summed E-state index contributed by atoms with van der Waals surface area (Å²) < 4.78 is 6.02. The van der Waals surface area contributed by atoms with Crippen molar-refractivity contribution in [3.63, 3.8) is 0 Å². The van der Waals surface area contributed by atoms with E-state index in [-0.39, 0.29) is 0 Å². The fourth-order valence-corrected chi connectivity index (χ4v) is 2.24. The molecule has 100 valence electrons. The Morgan fingerprint density at radius 1 is 1.41 bits per heavy atom. The van der Waals surface area contributed by atoms with Crippen LogP contribution in [0, 0.1) is 5.92 Å². The van der Waals surface area contributed by atoms with Gasteiger partial charge < -0.3 is 15.0 Å². The monoisotopic (exact) mass is 240 g/mol. The topological polar surface area (TPSA) is 24.5 Å². The number of hydrogen-bond acceptors (Lipinski definition) is 3. The van der Waals surface area contributed by atoms with Crippen molar-refractivity contribution < 1.29 is 4.74 Å². The number of nitrogens with one attached hydrogen (secondary N) is 1. The Bertz CT molecular complexity index is 218. The third kappa shape index (κ3) is 6.20. The van der Waals surface area contributed by atoms with Crippen LogP contribution in [0.2, 0.25) is 0 Å². The summed E-state index contributed by atoms with van der Waals surface area (Å²) in [5.41, 5.74) is 0. The van der Waals surface area contributed by atoms with Crippen LogP contribution in [0.15, 0.2) is 12.7 Å². The van der Waals surface area contributed by atoms with Gasteiger partial charge in [-0.15, -0.1) is 6.58 Å². The lowest BCUT2D eigenvalue weighted by Crippen LogP contribution is -2.32. The van der Waals surface area contributed by atoms with E-state index in [1.54, 1.807) is 0 Å². The summed E-state index contributed by atoms with van der Waals surface area (Å²) in [6, 6.07) is 0. The lowest BCUT2D eigenvalue weighted by molar-refractivity contribution is 0.0294. The van der Waals surface area contributed by atoms with E-state index in [4.69, 9.17) is 4.74 Å². The quantitative estimate of drug-likeness (QED) is 0.656. The fourth-order valence-electron chi connectivity index (χ4n) is 2.24. The minimum absolute atomic E-state index is 0.408. The van der Waals surface area contributed by atoms with Gasteiger partial charge in [-0.25, -0.2) is 0 Å². The summed E-state index contributed by atoms with van der Waals surface area (Å²) in [4.78, 5) is 2.27. The molecule has 0 aromatic rings. The van der Waals surface area contributed by atoms with Gasteiger partial charge in [0.2, 0.25) is 0 Å². The van der Waals surface area contributed by atoms with Gasteiger partial charge in [0, 0.05) is 19.6 Å². The zero-order valence-corrected chi connectivity index (χ0v) is 11.6. The van der Waals surface area contributed by atoms with E-state index >= 15 is 0 Å². The van der Waals surface area contributed by atoms with Crippen molar-refractivity contribution in [1.29, 1.82) is 0 Å². The summed E-state index contributed by atoms with van der Waals surface area (Å²) in [5, 5.41) is 3.47. The van der Waals surface area contributed by atoms with Gasteiger partial charge in [-0.2, -0.15) is 0 Å². The van der Waals surface area contributed by atoms with E-state index in [2.05, 4.69) is 37.7 Å². The van der Waals surface area contributed by atoms with Gasteiger partial charge in [-0.1, -0.05) is 19.9 Å². The summed E-state index contributed by atoms with van der Waals surface area (Å²) in [5.74, 6) is 0.714. The van der Waals surface area contributed by atoms with E-state index in [1.807, 2.05) is 6.08 Å². The molecule has 2 atom stereocenters. The van der Waals surface area contributed by atoms with Crippen molar-refractivity contribution in [2.45, 2.75) is 38.9 Å². The highest BCUT2D eigenvalue weighted by atomic mass is 16.5. The molecule has 0 radical (unpaired) electrons. The Balaban J connectivity index is 2.12. The molecule has 0 aromatic carbocycles. The first-order chi connectivity index (χ1) is 8.11. The predicted octanol–water partition coefficient (Wildman–Crippen LogP) is 1.90. The van der Waals surface area contributed by atoms with Crippen LogP contribution < -0.4 is 5.32 Å². The molecule has 0 aliphatic carbocycles. The van der Waals surface area contributed by atoms with E-state index in [0.29, 0.717) is 18.1 Å². The number of hydrogen-bond donors (Lipinski definition) is 1. The van der Waals surface area contributed by atoms with Crippen molar-refractivity contribution >= 4 is 0 Å². The van der Waals surface area contributed by atoms with Crippen molar-refractivity contribution in [3.8, 4) is 0 Å². The Morgan fingerprint density at radius 2 is 2.12 bits per heavy atom. The first-order valence-electron chi connectivity index (χ1n) is 6.77. The average molecular weight is 240 g/mol. The van der Waals surface area contributed by atoms with Crippen LogP contribution in [-0.2, 0) is 4.74 Å². The standard InChI is InChI=1S/C14H28N2O/c1-5-8-16(4)11-14-7-6-13(17-14)10-15-9-12(2)3/h5,12-15H,1,6-11H2,2-4H3. The molecule has 3 heteroatoms. The highest BCUT2D eigenvalue weighted by molar-refractivity contribution is 4.79. The minimum atomic E-state index is 0.408. The van der Waals surface area contributed by atoms with Gasteiger partial charge >= 0.3 is 0 Å². The lowest BCUT2D eigenvalue weighted by Gasteiger charge is -2.20. The van der Waals surface area contributed by atoms with Gasteiger partial charge in [0.15, 0.2) is 0 Å². The molecule has 2 unspecified atom stereocenters. The fraction of sp³-hybridized carbons (Fsp3) is 0.857. The van der Waals surface area contributed by atoms with Crippen LogP contribution in [-0.4, -0.2) is 50.3 Å². The van der Waals surface area contributed by atoms with E-state index in [9.17, 15) is 0 Å². The highest BCUT2D eigenvalue weighted by Gasteiger charge is 2.25. The predicted molar refractivity (Wildman–Crippen MR) is 73.3 cm³/mol. The maximum atomic E-state index is 6.02. The SMILES string of the molecule is C=CCN(C)CC1CCC(CNCC(C)C)O1. The first-order valence-corrected chi connectivity index (χ1v) is 6.77. The van der Waals surface area contributed by atoms with Crippen molar-refractivity contribution in [2.24, 2.45) is 5.92 Å². The molecule has 1 fully saturated rings. The van der Waals surface area contributed by atoms with Gasteiger partial charge in [0.1, 0.15) is 0 Å². The number of rotatable bonds is 8. The van der Waals surface area contributed by atoms with Gasteiger partial charge in [0.25, 0.3) is 0 Å². The molecule has 0 aromatic heterocycles. The van der Waals surface area contributed by atoms with Crippen molar-refractivity contribution in [1.82, 2.24) is 10.2 Å². The highest BCUT2D eigenvalue weighted by Crippen LogP contribution is 2.19. The van der Waals surface area contributed by atoms with E-state index in [1.165, 1.54) is 12.8 Å². The third-order valence-electron chi connectivity index (χ3n) is 3.08. The van der Waals surface area contributed by atoms with Crippen molar-refractivity contribution in [2.75, 3.05) is 33.2 Å². The second-order valence-electron chi connectivity index (χ2n) is 5.52. The number of nitrogens with zero attached hydrogens (tertiary/aromatic N) is 1. The zero-order chi connectivity index (χ0) is 12.7. The summed E-state index contributed by atoms with van der Waals surface area (Å²) in [6.45, 7) is 12.3. The first kappa shape index (κ1) is 14.7. The van der Waals surface area contributed by atoms with Crippen molar-refractivity contribution in [3.05, 3.63) is 12.7 Å². The van der Waals surface area contributed by atoms with Crippen LogP contribution in [0.3, 0.4) is 0 Å². The van der Waals surface area contributed by atoms with Crippen LogP contribution in [0.25, 0.3) is 0 Å². The second kappa shape index (κ2) is 7.85. The van der Waals surface area contributed by atoms with Gasteiger partial charge in [-0.05, 0) is 32.4 Å². The van der Waals surface area contributed by atoms with Crippen LogP contribution in [0.5, 0.6) is 0 Å². The molecule has 1 rings (SSSR count). The molecular formula is C14H28N2O. The zero-order valence-electron chi connectivity index (χ0n) is 11.6. The largest absolute Gasteiger partial charge is 0.372 e. The van der Waals surface area contributed by atoms with Crippen LogP contribution in [0.1, 0.15) is 26.7 Å². The smallest absolute Gasteiger partial charge is 0.0707 e. The summed E-state index contributed by atoms with van der Waals surface area (Å²) in [6.07, 6.45) is 5.14. The Kier molecular flexibility index (Phi) is 6.78. The third-order valence-corrected chi connectivity index (χ3v) is 3.08. The number of ether oxygens (including phenoxy) is 1. The Labute approximate surface area is 106 Å². The molecule has 1 N–H and O–H groups in total. The molecule has 1 heterocycles. The Hall–Kier alpha value is -0.380. The molecule has 1 aliphatic rings. The minimum Gasteiger partial charge on any atom is -0.372 e. The average Bonchev–Trinajstić information content (AvgIpc) is 2.65. The summed E-state index contributed by atoms with van der Waals surface area (Å²) in [7, 11) is 2.12. The normalized spacial score (nSPS) is 24.8. The molecule has 0 saturated carbocycles. The molecule has 0 amide bonds. The molecule has 1 saturated heterocycles. The molecule has 1 aliphatic heterocycles. The molecule has 3 nitrogen and oxygen atoms in total. The van der Waals surface area contributed by atoms with Gasteiger partial charge in [0.05, 0.1) is 12.2 Å². The molecule has 17 heavy (non-hydrogen) atoms. The molecule has 0 spiro atoms.